The third kappa shape index (κ3) is 3.78. The van der Waals surface area contributed by atoms with Crippen molar-refractivity contribution < 1.29 is 14.3 Å². The van der Waals surface area contributed by atoms with E-state index in [4.69, 9.17) is 4.74 Å². The number of carbonyl (C=O) groups excluding carboxylic acids is 2. The lowest BCUT2D eigenvalue weighted by Gasteiger charge is -2.15. The molecule has 1 aromatic heterocycles. The lowest BCUT2D eigenvalue weighted by molar-refractivity contribution is -0.123. The zero-order valence-corrected chi connectivity index (χ0v) is 15.9. The number of ether oxygens (including phenoxy) is 1. The summed E-state index contributed by atoms with van der Waals surface area (Å²) in [5, 5.41) is 7.65. The summed E-state index contributed by atoms with van der Waals surface area (Å²) in [6, 6.07) is 14.0. The number of para-hydroxylation sites is 1. The number of amides is 1. The molecule has 0 spiro atoms. The molecule has 0 saturated carbocycles. The van der Waals surface area contributed by atoms with Gasteiger partial charge in [0.2, 0.25) is 0 Å². The van der Waals surface area contributed by atoms with Crippen molar-refractivity contribution in [1.29, 1.82) is 0 Å². The van der Waals surface area contributed by atoms with Crippen molar-refractivity contribution in [3.63, 3.8) is 0 Å². The number of rotatable bonds is 5. The average molecular weight is 379 g/mol. The van der Waals surface area contributed by atoms with E-state index in [2.05, 4.69) is 10.4 Å². The molecule has 2 aromatic carbocycles. The van der Waals surface area contributed by atoms with Gasteiger partial charge in [-0.3, -0.25) is 9.59 Å². The van der Waals surface area contributed by atoms with Gasteiger partial charge in [-0.2, -0.15) is 5.10 Å². The molecule has 0 saturated heterocycles. The predicted octanol–water partition coefficient (Wildman–Crippen LogP) is 2.91. The van der Waals surface area contributed by atoms with Crippen molar-refractivity contribution in [2.45, 2.75) is 33.4 Å². The first-order chi connectivity index (χ1) is 13.4. The topological polar surface area (TPSA) is 90.3 Å². The molecule has 1 heterocycles. The molecule has 3 rings (SSSR count). The molecule has 0 unspecified atom stereocenters. The first-order valence-corrected chi connectivity index (χ1v) is 8.99. The van der Waals surface area contributed by atoms with Crippen LogP contribution in [0.2, 0.25) is 0 Å². The van der Waals surface area contributed by atoms with Crippen LogP contribution < -0.4 is 10.9 Å². The normalized spacial score (nSPS) is 11.8. The Morgan fingerprint density at radius 2 is 1.75 bits per heavy atom. The maximum Gasteiger partial charge on any atom is 0.360 e. The second-order valence-corrected chi connectivity index (χ2v) is 6.37. The highest BCUT2D eigenvalue weighted by atomic mass is 16.5. The zero-order chi connectivity index (χ0) is 20.3. The molecule has 144 valence electrons. The fraction of sp³-hybridized carbons (Fsp3) is 0.238. The van der Waals surface area contributed by atoms with Crippen LogP contribution in [0.5, 0.6) is 0 Å². The first kappa shape index (κ1) is 19.3. The molecule has 0 aliphatic carbocycles. The Morgan fingerprint density at radius 3 is 2.43 bits per heavy atom. The fourth-order valence-corrected chi connectivity index (χ4v) is 2.82. The highest BCUT2D eigenvalue weighted by Crippen LogP contribution is 2.17. The van der Waals surface area contributed by atoms with Crippen LogP contribution in [0, 0.1) is 6.92 Å². The minimum atomic E-state index is -1.03. The zero-order valence-electron chi connectivity index (χ0n) is 15.9. The molecule has 0 aliphatic rings. The van der Waals surface area contributed by atoms with Gasteiger partial charge in [-0.15, -0.1) is 0 Å². The van der Waals surface area contributed by atoms with E-state index in [1.165, 1.54) is 11.6 Å². The van der Waals surface area contributed by atoms with Crippen LogP contribution in [-0.4, -0.2) is 27.8 Å². The van der Waals surface area contributed by atoms with Gasteiger partial charge in [0.15, 0.2) is 11.8 Å². The molecule has 0 aliphatic heterocycles. The standard InChI is InChI=1S/C21H21N3O4/c1-4-24-20(26)16-11-7-6-10-15(16)18(23-24)21(27)28-14(3)19(25)22-17-12-8-5-9-13(17)2/h5-12,14H,4H2,1-3H3,(H,22,25)/t14-/m0/s1. The molecule has 1 atom stereocenters. The fourth-order valence-electron chi connectivity index (χ4n) is 2.82. The summed E-state index contributed by atoms with van der Waals surface area (Å²) in [4.78, 5) is 37.5. The van der Waals surface area contributed by atoms with Gasteiger partial charge in [-0.1, -0.05) is 36.4 Å². The van der Waals surface area contributed by atoms with Gasteiger partial charge in [0, 0.05) is 17.6 Å². The van der Waals surface area contributed by atoms with Gasteiger partial charge in [0.25, 0.3) is 11.5 Å². The summed E-state index contributed by atoms with van der Waals surface area (Å²) < 4.78 is 6.53. The van der Waals surface area contributed by atoms with Crippen molar-refractivity contribution in [2.75, 3.05) is 5.32 Å². The molecular weight excluding hydrogens is 358 g/mol. The number of nitrogens with zero attached hydrogens (tertiary/aromatic N) is 2. The van der Waals surface area contributed by atoms with Gasteiger partial charge in [-0.25, -0.2) is 9.48 Å². The number of fused-ring (bicyclic) bond motifs is 1. The van der Waals surface area contributed by atoms with E-state index in [-0.39, 0.29) is 11.3 Å². The third-order valence-corrected chi connectivity index (χ3v) is 4.42. The number of carbonyl (C=O) groups is 2. The van der Waals surface area contributed by atoms with Gasteiger partial charge in [0.05, 0.1) is 5.39 Å². The molecule has 0 bridgehead atoms. The van der Waals surface area contributed by atoms with Crippen molar-refractivity contribution in [1.82, 2.24) is 9.78 Å². The second-order valence-electron chi connectivity index (χ2n) is 6.37. The Bertz CT molecular complexity index is 1100. The number of nitrogens with one attached hydrogen (secondary N) is 1. The van der Waals surface area contributed by atoms with E-state index in [0.717, 1.165) is 5.56 Å². The number of hydrogen-bond acceptors (Lipinski definition) is 5. The average Bonchev–Trinajstić information content (AvgIpc) is 2.70. The maximum atomic E-state index is 12.7. The van der Waals surface area contributed by atoms with Crippen molar-refractivity contribution in [3.05, 3.63) is 70.1 Å². The molecule has 1 amide bonds. The minimum absolute atomic E-state index is 0.00703. The Hall–Kier alpha value is -3.48. The Labute approximate surface area is 161 Å². The molecule has 0 fully saturated rings. The van der Waals surface area contributed by atoms with Gasteiger partial charge in [-0.05, 0) is 38.5 Å². The summed E-state index contributed by atoms with van der Waals surface area (Å²) in [5.74, 6) is -1.21. The SMILES string of the molecule is CCn1nc(C(=O)O[C@@H](C)C(=O)Nc2ccccc2C)c2ccccc2c1=O. The van der Waals surface area contributed by atoms with E-state index in [1.54, 1.807) is 37.3 Å². The van der Waals surface area contributed by atoms with Crippen LogP contribution in [0.1, 0.15) is 29.9 Å². The van der Waals surface area contributed by atoms with E-state index in [9.17, 15) is 14.4 Å². The number of aromatic nitrogens is 2. The van der Waals surface area contributed by atoms with Crippen LogP contribution >= 0.6 is 0 Å². The lowest BCUT2D eigenvalue weighted by atomic mass is 10.1. The van der Waals surface area contributed by atoms with E-state index in [1.807, 2.05) is 25.1 Å². The number of esters is 1. The predicted molar refractivity (Wildman–Crippen MR) is 106 cm³/mol. The summed E-state index contributed by atoms with van der Waals surface area (Å²) >= 11 is 0. The molecular formula is C21H21N3O4. The second kappa shape index (κ2) is 8.04. The maximum absolute atomic E-state index is 12.7. The van der Waals surface area contributed by atoms with Crippen molar-refractivity contribution in [2.24, 2.45) is 0 Å². The van der Waals surface area contributed by atoms with Crippen LogP contribution in [0.3, 0.4) is 0 Å². The number of hydrogen-bond donors (Lipinski definition) is 1. The highest BCUT2D eigenvalue weighted by Gasteiger charge is 2.23. The third-order valence-electron chi connectivity index (χ3n) is 4.42. The molecule has 0 radical (unpaired) electrons. The number of aryl methyl sites for hydroxylation is 2. The van der Waals surface area contributed by atoms with Crippen molar-refractivity contribution >= 4 is 28.3 Å². The number of benzene rings is 2. The lowest BCUT2D eigenvalue weighted by Crippen LogP contribution is -2.32. The van der Waals surface area contributed by atoms with E-state index >= 15 is 0 Å². The Kier molecular flexibility index (Phi) is 5.54. The van der Waals surface area contributed by atoms with Crippen LogP contribution in [0.15, 0.2) is 53.3 Å². The van der Waals surface area contributed by atoms with Gasteiger partial charge >= 0.3 is 5.97 Å². The minimum Gasteiger partial charge on any atom is -0.448 e. The highest BCUT2D eigenvalue weighted by molar-refractivity contribution is 6.03. The van der Waals surface area contributed by atoms with Crippen LogP contribution in [0.25, 0.3) is 10.8 Å². The molecule has 28 heavy (non-hydrogen) atoms. The largest absolute Gasteiger partial charge is 0.448 e. The van der Waals surface area contributed by atoms with Crippen molar-refractivity contribution in [3.8, 4) is 0 Å². The summed E-state index contributed by atoms with van der Waals surface area (Å²) in [7, 11) is 0. The summed E-state index contributed by atoms with van der Waals surface area (Å²) in [6.45, 7) is 5.43. The van der Waals surface area contributed by atoms with E-state index < -0.39 is 18.0 Å². The van der Waals surface area contributed by atoms with Crippen LogP contribution in [0.4, 0.5) is 5.69 Å². The summed E-state index contributed by atoms with van der Waals surface area (Å²) in [6.07, 6.45) is -1.03. The molecule has 1 N–H and O–H groups in total. The molecule has 7 nitrogen and oxygen atoms in total. The Morgan fingerprint density at radius 1 is 1.11 bits per heavy atom. The quantitative estimate of drug-likeness (QED) is 0.689. The monoisotopic (exact) mass is 379 g/mol. The smallest absolute Gasteiger partial charge is 0.360 e. The molecule has 3 aromatic rings. The molecule has 7 heteroatoms. The van der Waals surface area contributed by atoms with Gasteiger partial charge < -0.3 is 10.1 Å². The summed E-state index contributed by atoms with van der Waals surface area (Å²) in [5.41, 5.74) is 1.28. The Balaban J connectivity index is 1.85. The first-order valence-electron chi connectivity index (χ1n) is 8.99. The van der Waals surface area contributed by atoms with E-state index in [0.29, 0.717) is 23.0 Å². The van der Waals surface area contributed by atoms with Crippen LogP contribution in [-0.2, 0) is 16.1 Å². The van der Waals surface area contributed by atoms with Gasteiger partial charge in [0.1, 0.15) is 0 Å². The number of anilines is 1.